The van der Waals surface area contributed by atoms with E-state index >= 15 is 0 Å². The maximum Gasteiger partial charge on any atom is 0.223 e. The van der Waals surface area contributed by atoms with Gasteiger partial charge in [0.25, 0.3) is 0 Å². The zero-order valence-corrected chi connectivity index (χ0v) is 12.7. The van der Waals surface area contributed by atoms with Crippen molar-refractivity contribution >= 4 is 11.9 Å². The van der Waals surface area contributed by atoms with Crippen LogP contribution in [0.1, 0.15) is 17.5 Å². The number of hydrogen-bond acceptors (Lipinski definition) is 2. The molecule has 0 heterocycles. The molecule has 20 heavy (non-hydrogen) atoms. The molecule has 0 aromatic heterocycles. The molecule has 1 aromatic rings. The Morgan fingerprint density at radius 1 is 1.25 bits per heavy atom. The molecular weight excluding hydrogens is 252 g/mol. The molecule has 0 saturated carbocycles. The van der Waals surface area contributed by atoms with Gasteiger partial charge in [0, 0.05) is 40.7 Å². The third-order valence-corrected chi connectivity index (χ3v) is 3.06. The summed E-state index contributed by atoms with van der Waals surface area (Å²) in [4.78, 5) is 17.2. The van der Waals surface area contributed by atoms with Crippen molar-refractivity contribution in [1.82, 2.24) is 15.5 Å². The Bertz CT molecular complexity index is 469. The van der Waals surface area contributed by atoms with Crippen LogP contribution in [-0.2, 0) is 11.3 Å². The summed E-state index contributed by atoms with van der Waals surface area (Å²) in [6.07, 6.45) is 0.456. The molecule has 0 atom stereocenters. The number of aliphatic imine (C=N–C) groups is 1. The van der Waals surface area contributed by atoms with Gasteiger partial charge < -0.3 is 15.5 Å². The average molecular weight is 276 g/mol. The molecule has 0 aliphatic heterocycles. The molecule has 0 saturated heterocycles. The standard InChI is InChI=1S/C15H24N4O/c1-12-7-5-6-8-13(12)11-18-15(16-2)17-10-9-14(20)19(3)4/h5-8H,9-11H2,1-4H3,(H2,16,17,18). The van der Waals surface area contributed by atoms with Crippen LogP contribution in [0.3, 0.4) is 0 Å². The molecule has 0 radical (unpaired) electrons. The van der Waals surface area contributed by atoms with Crippen LogP contribution in [0.2, 0.25) is 0 Å². The van der Waals surface area contributed by atoms with Gasteiger partial charge in [-0.3, -0.25) is 9.79 Å². The third kappa shape index (κ3) is 5.30. The van der Waals surface area contributed by atoms with Crippen molar-refractivity contribution in [1.29, 1.82) is 0 Å². The van der Waals surface area contributed by atoms with Gasteiger partial charge >= 0.3 is 0 Å². The van der Waals surface area contributed by atoms with Crippen LogP contribution in [0.5, 0.6) is 0 Å². The van der Waals surface area contributed by atoms with Gasteiger partial charge in [-0.05, 0) is 18.1 Å². The summed E-state index contributed by atoms with van der Waals surface area (Å²) in [5, 5.41) is 6.38. The Morgan fingerprint density at radius 3 is 2.55 bits per heavy atom. The lowest BCUT2D eigenvalue weighted by atomic mass is 10.1. The maximum atomic E-state index is 11.5. The van der Waals surface area contributed by atoms with E-state index in [0.29, 0.717) is 25.5 Å². The number of benzene rings is 1. The second kappa shape index (κ2) is 8.19. The highest BCUT2D eigenvalue weighted by molar-refractivity contribution is 5.81. The molecule has 0 spiro atoms. The first-order chi connectivity index (χ1) is 9.54. The Hall–Kier alpha value is -2.04. The molecule has 110 valence electrons. The molecule has 1 aromatic carbocycles. The van der Waals surface area contributed by atoms with Crippen LogP contribution < -0.4 is 10.6 Å². The highest BCUT2D eigenvalue weighted by Crippen LogP contribution is 2.05. The van der Waals surface area contributed by atoms with E-state index in [1.807, 2.05) is 12.1 Å². The number of hydrogen-bond donors (Lipinski definition) is 2. The summed E-state index contributed by atoms with van der Waals surface area (Å²) in [7, 11) is 5.24. The zero-order valence-electron chi connectivity index (χ0n) is 12.7. The average Bonchev–Trinajstić information content (AvgIpc) is 2.43. The molecule has 1 rings (SSSR count). The highest BCUT2D eigenvalue weighted by atomic mass is 16.2. The zero-order chi connectivity index (χ0) is 15.0. The summed E-state index contributed by atoms with van der Waals surface area (Å²) in [6, 6.07) is 8.23. The Labute approximate surface area is 121 Å². The number of nitrogens with one attached hydrogen (secondary N) is 2. The topological polar surface area (TPSA) is 56.7 Å². The Morgan fingerprint density at radius 2 is 1.95 bits per heavy atom. The van der Waals surface area contributed by atoms with Crippen LogP contribution in [0.25, 0.3) is 0 Å². The Balaban J connectivity index is 2.38. The SMILES string of the molecule is CN=C(NCCC(=O)N(C)C)NCc1ccccc1C. The summed E-state index contributed by atoms with van der Waals surface area (Å²) >= 11 is 0. The second-order valence-corrected chi connectivity index (χ2v) is 4.82. The predicted molar refractivity (Wildman–Crippen MR) is 82.7 cm³/mol. The van der Waals surface area contributed by atoms with E-state index in [9.17, 15) is 4.79 Å². The van der Waals surface area contributed by atoms with Gasteiger partial charge in [-0.1, -0.05) is 24.3 Å². The van der Waals surface area contributed by atoms with Crippen molar-refractivity contribution < 1.29 is 4.79 Å². The minimum absolute atomic E-state index is 0.104. The summed E-state index contributed by atoms with van der Waals surface area (Å²) in [6.45, 7) is 3.38. The van der Waals surface area contributed by atoms with Crippen molar-refractivity contribution in [2.24, 2.45) is 4.99 Å². The van der Waals surface area contributed by atoms with Crippen LogP contribution in [0.4, 0.5) is 0 Å². The summed E-state index contributed by atoms with van der Waals surface area (Å²) in [5.74, 6) is 0.812. The highest BCUT2D eigenvalue weighted by Gasteiger charge is 2.04. The number of carbonyl (C=O) groups excluding carboxylic acids is 1. The van der Waals surface area contributed by atoms with Crippen LogP contribution in [0.15, 0.2) is 29.3 Å². The number of nitrogens with zero attached hydrogens (tertiary/aromatic N) is 2. The van der Waals surface area contributed by atoms with E-state index in [2.05, 4.69) is 34.7 Å². The fourth-order valence-electron chi connectivity index (χ4n) is 1.72. The van der Waals surface area contributed by atoms with Crippen LogP contribution in [-0.4, -0.2) is 44.5 Å². The lowest BCUT2D eigenvalue weighted by Crippen LogP contribution is -2.38. The predicted octanol–water partition coefficient (Wildman–Crippen LogP) is 1.14. The molecule has 0 unspecified atom stereocenters. The number of rotatable bonds is 5. The normalized spacial score (nSPS) is 11.1. The summed E-state index contributed by atoms with van der Waals surface area (Å²) < 4.78 is 0. The van der Waals surface area contributed by atoms with Gasteiger partial charge in [0.05, 0.1) is 0 Å². The van der Waals surface area contributed by atoms with E-state index in [1.165, 1.54) is 11.1 Å². The molecule has 5 nitrogen and oxygen atoms in total. The van der Waals surface area contributed by atoms with Gasteiger partial charge in [-0.25, -0.2) is 0 Å². The van der Waals surface area contributed by atoms with Crippen molar-refractivity contribution in [3.63, 3.8) is 0 Å². The van der Waals surface area contributed by atoms with Gasteiger partial charge in [0.2, 0.25) is 5.91 Å². The lowest BCUT2D eigenvalue weighted by molar-refractivity contribution is -0.128. The smallest absolute Gasteiger partial charge is 0.223 e. The molecule has 0 bridgehead atoms. The quantitative estimate of drug-likeness (QED) is 0.626. The number of carbonyl (C=O) groups is 1. The molecular formula is C15H24N4O. The number of aryl methyl sites for hydroxylation is 1. The monoisotopic (exact) mass is 276 g/mol. The second-order valence-electron chi connectivity index (χ2n) is 4.82. The minimum atomic E-state index is 0.104. The fourth-order valence-corrected chi connectivity index (χ4v) is 1.72. The van der Waals surface area contributed by atoms with Gasteiger partial charge in [-0.15, -0.1) is 0 Å². The van der Waals surface area contributed by atoms with Crippen molar-refractivity contribution in [2.75, 3.05) is 27.7 Å². The van der Waals surface area contributed by atoms with Crippen LogP contribution in [0, 0.1) is 6.92 Å². The minimum Gasteiger partial charge on any atom is -0.356 e. The molecule has 5 heteroatoms. The largest absolute Gasteiger partial charge is 0.356 e. The molecule has 0 aliphatic carbocycles. The molecule has 0 fully saturated rings. The Kier molecular flexibility index (Phi) is 6.56. The maximum absolute atomic E-state index is 11.5. The first kappa shape index (κ1) is 16.0. The lowest BCUT2D eigenvalue weighted by Gasteiger charge is -2.14. The van der Waals surface area contributed by atoms with Crippen LogP contribution >= 0.6 is 0 Å². The van der Waals surface area contributed by atoms with Gasteiger partial charge in [0.15, 0.2) is 5.96 Å². The van der Waals surface area contributed by atoms with Gasteiger partial charge in [0.1, 0.15) is 0 Å². The molecule has 1 amide bonds. The van der Waals surface area contributed by atoms with E-state index in [4.69, 9.17) is 0 Å². The van der Waals surface area contributed by atoms with Crippen molar-refractivity contribution in [2.45, 2.75) is 19.9 Å². The third-order valence-electron chi connectivity index (χ3n) is 3.06. The first-order valence-electron chi connectivity index (χ1n) is 6.73. The van der Waals surface area contributed by atoms with Crippen molar-refractivity contribution in [3.8, 4) is 0 Å². The van der Waals surface area contributed by atoms with Gasteiger partial charge in [-0.2, -0.15) is 0 Å². The summed E-state index contributed by atoms with van der Waals surface area (Å²) in [5.41, 5.74) is 2.48. The van der Waals surface area contributed by atoms with E-state index in [1.54, 1.807) is 26.0 Å². The number of guanidine groups is 1. The van der Waals surface area contributed by atoms with Crippen molar-refractivity contribution in [3.05, 3.63) is 35.4 Å². The van der Waals surface area contributed by atoms with E-state index in [0.717, 1.165) is 0 Å². The van der Waals surface area contributed by atoms with E-state index < -0.39 is 0 Å². The molecule has 2 N–H and O–H groups in total. The number of amides is 1. The fraction of sp³-hybridized carbons (Fsp3) is 0.467. The molecule has 0 aliphatic rings. The van der Waals surface area contributed by atoms with E-state index in [-0.39, 0.29) is 5.91 Å². The first-order valence-corrected chi connectivity index (χ1v) is 6.73.